The van der Waals surface area contributed by atoms with E-state index in [2.05, 4.69) is 5.43 Å². The minimum absolute atomic E-state index is 0.0205. The predicted molar refractivity (Wildman–Crippen MR) is 50.9 cm³/mol. The first kappa shape index (κ1) is 12.1. The van der Waals surface area contributed by atoms with Crippen molar-refractivity contribution >= 4 is 11.7 Å². The summed E-state index contributed by atoms with van der Waals surface area (Å²) in [5, 5.41) is 1.57. The molecule has 0 saturated heterocycles. The number of rotatable bonds is 5. The quantitative estimate of drug-likeness (QED) is 0.639. The van der Waals surface area contributed by atoms with Crippen molar-refractivity contribution in [2.24, 2.45) is 5.92 Å². The molecule has 13 heavy (non-hydrogen) atoms. The van der Waals surface area contributed by atoms with Gasteiger partial charge in [-0.25, -0.2) is 5.01 Å². The van der Waals surface area contributed by atoms with Crippen molar-refractivity contribution < 1.29 is 9.59 Å². The number of nitrogens with one attached hydrogen (secondary N) is 1. The first-order valence-electron chi connectivity index (χ1n) is 4.43. The van der Waals surface area contributed by atoms with Gasteiger partial charge in [-0.2, -0.15) is 0 Å². The molecule has 0 aliphatic rings. The summed E-state index contributed by atoms with van der Waals surface area (Å²) in [6, 6.07) is 0. The summed E-state index contributed by atoms with van der Waals surface area (Å²) in [5.74, 6) is 0.0417. The van der Waals surface area contributed by atoms with Crippen LogP contribution in [0.3, 0.4) is 0 Å². The Hall–Kier alpha value is -0.900. The largest absolute Gasteiger partial charge is 0.299 e. The molecule has 0 unspecified atom stereocenters. The SMILES string of the molecule is CC(C)C(=O)CCC(=O)NN(C)C. The maximum Gasteiger partial charge on any atom is 0.234 e. The molecule has 0 spiro atoms. The molecule has 0 aliphatic heterocycles. The highest BCUT2D eigenvalue weighted by atomic mass is 16.2. The molecule has 0 aromatic heterocycles. The minimum Gasteiger partial charge on any atom is -0.299 e. The Kier molecular flexibility index (Phi) is 5.30. The van der Waals surface area contributed by atoms with Gasteiger partial charge in [0.25, 0.3) is 0 Å². The topological polar surface area (TPSA) is 49.4 Å². The van der Waals surface area contributed by atoms with Gasteiger partial charge in [-0.3, -0.25) is 15.0 Å². The molecule has 0 bridgehead atoms. The third kappa shape index (κ3) is 6.28. The van der Waals surface area contributed by atoms with E-state index >= 15 is 0 Å². The van der Waals surface area contributed by atoms with E-state index in [1.165, 1.54) is 0 Å². The van der Waals surface area contributed by atoms with Gasteiger partial charge in [0, 0.05) is 32.9 Å². The molecular weight excluding hydrogens is 168 g/mol. The summed E-state index contributed by atoms with van der Waals surface area (Å²) < 4.78 is 0. The van der Waals surface area contributed by atoms with Crippen LogP contribution >= 0.6 is 0 Å². The summed E-state index contributed by atoms with van der Waals surface area (Å²) in [6.07, 6.45) is 0.604. The van der Waals surface area contributed by atoms with Crippen LogP contribution in [0.5, 0.6) is 0 Å². The smallest absolute Gasteiger partial charge is 0.234 e. The molecule has 76 valence electrons. The van der Waals surface area contributed by atoms with Crippen LogP contribution in [0.25, 0.3) is 0 Å². The van der Waals surface area contributed by atoms with Gasteiger partial charge in [-0.1, -0.05) is 13.8 Å². The van der Waals surface area contributed by atoms with Crippen LogP contribution in [-0.4, -0.2) is 30.8 Å². The Morgan fingerprint density at radius 1 is 1.23 bits per heavy atom. The molecule has 1 amide bonds. The van der Waals surface area contributed by atoms with Gasteiger partial charge >= 0.3 is 0 Å². The third-order valence-corrected chi connectivity index (χ3v) is 1.59. The maximum atomic E-state index is 11.1. The van der Waals surface area contributed by atoms with Gasteiger partial charge in [-0.05, 0) is 0 Å². The molecule has 0 aromatic carbocycles. The monoisotopic (exact) mass is 186 g/mol. The highest BCUT2D eigenvalue weighted by molar-refractivity contribution is 5.85. The van der Waals surface area contributed by atoms with Crippen molar-refractivity contribution in [2.75, 3.05) is 14.1 Å². The van der Waals surface area contributed by atoms with E-state index in [9.17, 15) is 9.59 Å². The van der Waals surface area contributed by atoms with Crippen molar-refractivity contribution in [3.05, 3.63) is 0 Å². The van der Waals surface area contributed by atoms with Crippen LogP contribution in [0.1, 0.15) is 26.7 Å². The molecule has 0 saturated carbocycles. The van der Waals surface area contributed by atoms with Crippen LogP contribution in [0.4, 0.5) is 0 Å². The second kappa shape index (κ2) is 5.70. The number of amides is 1. The molecule has 0 atom stereocenters. The lowest BCUT2D eigenvalue weighted by Crippen LogP contribution is -2.36. The Morgan fingerprint density at radius 3 is 2.15 bits per heavy atom. The summed E-state index contributed by atoms with van der Waals surface area (Å²) in [4.78, 5) is 22.2. The van der Waals surface area contributed by atoms with E-state index in [4.69, 9.17) is 0 Å². The lowest BCUT2D eigenvalue weighted by Gasteiger charge is -2.11. The molecule has 0 heterocycles. The zero-order valence-electron chi connectivity index (χ0n) is 8.76. The number of hydrazine groups is 1. The van der Waals surface area contributed by atoms with E-state index in [0.717, 1.165) is 0 Å². The zero-order chi connectivity index (χ0) is 10.4. The molecular formula is C9H18N2O2. The summed E-state index contributed by atoms with van der Waals surface area (Å²) >= 11 is 0. The van der Waals surface area contributed by atoms with Crippen molar-refractivity contribution in [2.45, 2.75) is 26.7 Å². The van der Waals surface area contributed by atoms with E-state index < -0.39 is 0 Å². The fourth-order valence-electron chi connectivity index (χ4n) is 0.831. The number of hydrogen-bond donors (Lipinski definition) is 1. The van der Waals surface area contributed by atoms with Crippen LogP contribution < -0.4 is 5.43 Å². The summed E-state index contributed by atoms with van der Waals surface area (Å²) in [7, 11) is 3.48. The average molecular weight is 186 g/mol. The van der Waals surface area contributed by atoms with Gasteiger partial charge < -0.3 is 0 Å². The highest BCUT2D eigenvalue weighted by Crippen LogP contribution is 2.01. The molecule has 4 heteroatoms. The number of ketones is 1. The number of hydrogen-bond acceptors (Lipinski definition) is 3. The van der Waals surface area contributed by atoms with Crippen LogP contribution in [0, 0.1) is 5.92 Å². The summed E-state index contributed by atoms with van der Waals surface area (Å²) in [6.45, 7) is 3.68. The molecule has 1 N–H and O–H groups in total. The number of nitrogens with zero attached hydrogens (tertiary/aromatic N) is 1. The molecule has 4 nitrogen and oxygen atoms in total. The molecule has 0 aliphatic carbocycles. The van der Waals surface area contributed by atoms with Crippen LogP contribution in [-0.2, 0) is 9.59 Å². The van der Waals surface area contributed by atoms with Crippen molar-refractivity contribution in [3.8, 4) is 0 Å². The predicted octanol–water partition coefficient (Wildman–Crippen LogP) is 0.585. The van der Waals surface area contributed by atoms with Crippen molar-refractivity contribution in [1.82, 2.24) is 10.4 Å². The van der Waals surface area contributed by atoms with Gasteiger partial charge in [0.05, 0.1) is 0 Å². The number of carbonyl (C=O) groups excluding carboxylic acids is 2. The van der Waals surface area contributed by atoms with E-state index in [1.807, 2.05) is 13.8 Å². The third-order valence-electron chi connectivity index (χ3n) is 1.59. The average Bonchev–Trinajstić information content (AvgIpc) is 1.98. The van der Waals surface area contributed by atoms with E-state index in [1.54, 1.807) is 19.1 Å². The lowest BCUT2D eigenvalue weighted by molar-refractivity contribution is -0.128. The Morgan fingerprint density at radius 2 is 1.77 bits per heavy atom. The van der Waals surface area contributed by atoms with Gasteiger partial charge in [-0.15, -0.1) is 0 Å². The van der Waals surface area contributed by atoms with E-state index in [0.29, 0.717) is 6.42 Å². The number of Topliss-reactive ketones (excluding diaryl/α,β-unsaturated/α-hetero) is 1. The first-order chi connectivity index (χ1) is 5.93. The lowest BCUT2D eigenvalue weighted by atomic mass is 10.0. The zero-order valence-corrected chi connectivity index (χ0v) is 8.76. The first-order valence-corrected chi connectivity index (χ1v) is 4.43. The normalized spacial score (nSPS) is 10.6. The van der Waals surface area contributed by atoms with Crippen molar-refractivity contribution in [3.63, 3.8) is 0 Å². The molecule has 0 rings (SSSR count). The second-order valence-corrected chi connectivity index (χ2v) is 3.55. The second-order valence-electron chi connectivity index (χ2n) is 3.55. The number of carbonyl (C=O) groups is 2. The maximum absolute atomic E-state index is 11.1. The molecule has 0 fully saturated rings. The van der Waals surface area contributed by atoms with Gasteiger partial charge in [0.2, 0.25) is 5.91 Å². The Labute approximate surface area is 79.3 Å². The Bertz CT molecular complexity index is 188. The highest BCUT2D eigenvalue weighted by Gasteiger charge is 2.10. The minimum atomic E-state index is -0.112. The molecule has 0 aromatic rings. The Balaban J connectivity index is 3.64. The van der Waals surface area contributed by atoms with Gasteiger partial charge in [0.1, 0.15) is 5.78 Å². The van der Waals surface area contributed by atoms with Crippen molar-refractivity contribution in [1.29, 1.82) is 0 Å². The standard InChI is InChI=1S/C9H18N2O2/c1-7(2)8(12)5-6-9(13)10-11(3)4/h7H,5-6H2,1-4H3,(H,10,13). The van der Waals surface area contributed by atoms with Gasteiger partial charge in [0.15, 0.2) is 0 Å². The van der Waals surface area contributed by atoms with Crippen LogP contribution in [0.15, 0.2) is 0 Å². The van der Waals surface area contributed by atoms with E-state index in [-0.39, 0.29) is 24.0 Å². The van der Waals surface area contributed by atoms with Crippen LogP contribution in [0.2, 0.25) is 0 Å². The fourth-order valence-corrected chi connectivity index (χ4v) is 0.831. The molecule has 0 radical (unpaired) electrons. The fraction of sp³-hybridized carbons (Fsp3) is 0.778. The summed E-state index contributed by atoms with van der Waals surface area (Å²) in [5.41, 5.74) is 2.58.